The van der Waals surface area contributed by atoms with Crippen molar-refractivity contribution in [3.63, 3.8) is 0 Å². The first-order valence-electron chi connectivity index (χ1n) is 2.93. The second-order valence-corrected chi connectivity index (χ2v) is 1.90. The number of nitrogens with zero attached hydrogens (tertiary/aromatic N) is 4. The van der Waals surface area contributed by atoms with Gasteiger partial charge < -0.3 is 10.8 Å². The van der Waals surface area contributed by atoms with Crippen molar-refractivity contribution >= 4 is 11.9 Å². The molecule has 0 spiro atoms. The van der Waals surface area contributed by atoms with Crippen LogP contribution in [-0.2, 0) is 11.3 Å². The van der Waals surface area contributed by atoms with Crippen LogP contribution in [0, 0.1) is 0 Å². The van der Waals surface area contributed by atoms with Crippen molar-refractivity contribution in [3.8, 4) is 0 Å². The molecule has 0 unspecified atom stereocenters. The SMILES string of the molecule is Nc1nnnn1CCC(=O)O. The van der Waals surface area contributed by atoms with Crippen LogP contribution >= 0.6 is 0 Å². The van der Waals surface area contributed by atoms with Gasteiger partial charge in [0.05, 0.1) is 13.0 Å². The van der Waals surface area contributed by atoms with E-state index in [2.05, 4.69) is 15.5 Å². The number of aliphatic carboxylic acids is 1. The van der Waals surface area contributed by atoms with Crippen LogP contribution in [0.15, 0.2) is 0 Å². The molecule has 0 fully saturated rings. The summed E-state index contributed by atoms with van der Waals surface area (Å²) in [6.45, 7) is 0.203. The highest BCUT2D eigenvalue weighted by molar-refractivity contribution is 5.66. The molecular formula is C4H7N5O2. The molecule has 1 aromatic heterocycles. The third-order valence-corrected chi connectivity index (χ3v) is 1.10. The third-order valence-electron chi connectivity index (χ3n) is 1.10. The van der Waals surface area contributed by atoms with Crippen LogP contribution in [0.3, 0.4) is 0 Å². The predicted molar refractivity (Wildman–Crippen MR) is 34.5 cm³/mol. The first-order valence-corrected chi connectivity index (χ1v) is 2.93. The average molecular weight is 157 g/mol. The van der Waals surface area contributed by atoms with Gasteiger partial charge in [0.25, 0.3) is 0 Å². The number of aryl methyl sites for hydroxylation is 1. The summed E-state index contributed by atoms with van der Waals surface area (Å²) in [5, 5.41) is 18.4. The summed E-state index contributed by atoms with van der Waals surface area (Å²) in [6.07, 6.45) is -0.0325. The van der Waals surface area contributed by atoms with Gasteiger partial charge in [0.1, 0.15) is 0 Å². The molecular weight excluding hydrogens is 150 g/mol. The summed E-state index contributed by atoms with van der Waals surface area (Å²) >= 11 is 0. The topological polar surface area (TPSA) is 107 Å². The number of nitrogens with two attached hydrogens (primary N) is 1. The van der Waals surface area contributed by atoms with Crippen LogP contribution in [0.5, 0.6) is 0 Å². The van der Waals surface area contributed by atoms with Crippen molar-refractivity contribution < 1.29 is 9.90 Å². The summed E-state index contributed by atoms with van der Waals surface area (Å²) in [7, 11) is 0. The monoisotopic (exact) mass is 157 g/mol. The molecule has 0 saturated heterocycles. The highest BCUT2D eigenvalue weighted by Gasteiger charge is 2.02. The van der Waals surface area contributed by atoms with Gasteiger partial charge in [-0.3, -0.25) is 4.79 Å². The van der Waals surface area contributed by atoms with Gasteiger partial charge in [-0.25, -0.2) is 4.68 Å². The van der Waals surface area contributed by atoms with Gasteiger partial charge in [0.15, 0.2) is 0 Å². The van der Waals surface area contributed by atoms with E-state index in [1.165, 1.54) is 4.68 Å². The van der Waals surface area contributed by atoms with E-state index in [4.69, 9.17) is 10.8 Å². The maximum absolute atomic E-state index is 10.1. The quantitative estimate of drug-likeness (QED) is 0.566. The Kier molecular flexibility index (Phi) is 2.00. The zero-order chi connectivity index (χ0) is 8.27. The normalized spacial score (nSPS) is 9.82. The smallest absolute Gasteiger partial charge is 0.305 e. The van der Waals surface area contributed by atoms with Gasteiger partial charge in [-0.05, 0) is 10.4 Å². The molecule has 0 amide bonds. The fraction of sp³-hybridized carbons (Fsp3) is 0.500. The van der Waals surface area contributed by atoms with Crippen molar-refractivity contribution in [3.05, 3.63) is 0 Å². The molecule has 1 aromatic rings. The van der Waals surface area contributed by atoms with Gasteiger partial charge in [-0.15, -0.1) is 0 Å². The standard InChI is InChI=1S/C4H7N5O2/c5-4-6-7-8-9(4)2-1-3(10)11/h1-2H2,(H,10,11)(H2,5,6,8). The number of nitrogen functional groups attached to an aromatic ring is 1. The van der Waals surface area contributed by atoms with Crippen molar-refractivity contribution in [1.29, 1.82) is 0 Å². The van der Waals surface area contributed by atoms with Gasteiger partial charge in [-0.1, -0.05) is 5.10 Å². The highest BCUT2D eigenvalue weighted by Crippen LogP contribution is 1.93. The average Bonchev–Trinajstić information content (AvgIpc) is 2.31. The molecule has 1 heterocycles. The third kappa shape index (κ3) is 1.88. The molecule has 0 aliphatic carbocycles. The first-order chi connectivity index (χ1) is 5.20. The van der Waals surface area contributed by atoms with Crippen molar-refractivity contribution in [1.82, 2.24) is 20.2 Å². The van der Waals surface area contributed by atoms with Crippen molar-refractivity contribution in [2.24, 2.45) is 0 Å². The summed E-state index contributed by atoms with van der Waals surface area (Å²) in [6, 6.07) is 0. The minimum atomic E-state index is -0.903. The van der Waals surface area contributed by atoms with Crippen LogP contribution < -0.4 is 5.73 Å². The van der Waals surface area contributed by atoms with Crippen molar-refractivity contribution in [2.75, 3.05) is 5.73 Å². The number of hydrogen-bond acceptors (Lipinski definition) is 5. The van der Waals surface area contributed by atoms with E-state index < -0.39 is 5.97 Å². The minimum absolute atomic E-state index is 0.0325. The Morgan fingerprint density at radius 1 is 1.73 bits per heavy atom. The Labute approximate surface area is 61.8 Å². The van der Waals surface area contributed by atoms with E-state index in [0.29, 0.717) is 0 Å². The van der Waals surface area contributed by atoms with E-state index in [-0.39, 0.29) is 18.9 Å². The molecule has 0 aromatic carbocycles. The lowest BCUT2D eigenvalue weighted by Crippen LogP contribution is -2.08. The fourth-order valence-corrected chi connectivity index (χ4v) is 0.572. The number of aromatic nitrogens is 4. The number of tetrazole rings is 1. The lowest BCUT2D eigenvalue weighted by Gasteiger charge is -1.95. The number of carboxylic acids is 1. The Morgan fingerprint density at radius 3 is 2.91 bits per heavy atom. The van der Waals surface area contributed by atoms with Gasteiger partial charge in [-0.2, -0.15) is 0 Å². The second kappa shape index (κ2) is 2.95. The van der Waals surface area contributed by atoms with Crippen LogP contribution in [0.2, 0.25) is 0 Å². The van der Waals surface area contributed by atoms with E-state index in [1.54, 1.807) is 0 Å². The molecule has 1 rings (SSSR count). The Balaban J connectivity index is 2.51. The van der Waals surface area contributed by atoms with E-state index in [9.17, 15) is 4.79 Å². The van der Waals surface area contributed by atoms with Crippen LogP contribution in [0.4, 0.5) is 5.95 Å². The largest absolute Gasteiger partial charge is 0.481 e. The van der Waals surface area contributed by atoms with Gasteiger partial charge in [0, 0.05) is 0 Å². The molecule has 3 N–H and O–H groups in total. The maximum Gasteiger partial charge on any atom is 0.305 e. The molecule has 0 aliphatic heterocycles. The van der Waals surface area contributed by atoms with Crippen LogP contribution in [0.25, 0.3) is 0 Å². The number of hydrogen-bond donors (Lipinski definition) is 2. The number of carboxylic acid groups (broad SMARTS) is 1. The molecule has 0 saturated carbocycles. The number of anilines is 1. The van der Waals surface area contributed by atoms with E-state index in [1.807, 2.05) is 0 Å². The van der Waals surface area contributed by atoms with E-state index >= 15 is 0 Å². The van der Waals surface area contributed by atoms with Gasteiger partial charge >= 0.3 is 5.97 Å². The second-order valence-electron chi connectivity index (χ2n) is 1.90. The zero-order valence-corrected chi connectivity index (χ0v) is 5.64. The fourth-order valence-electron chi connectivity index (χ4n) is 0.572. The summed E-state index contributed by atoms with van der Waals surface area (Å²) < 4.78 is 1.23. The number of carbonyl (C=O) groups is 1. The molecule has 0 bridgehead atoms. The predicted octanol–water partition coefficient (Wildman–Crippen LogP) is -1.27. The van der Waals surface area contributed by atoms with E-state index in [0.717, 1.165) is 0 Å². The summed E-state index contributed by atoms with van der Waals surface area (Å²) in [4.78, 5) is 10.1. The maximum atomic E-state index is 10.1. The Bertz CT molecular complexity index is 257. The van der Waals surface area contributed by atoms with Crippen molar-refractivity contribution in [2.45, 2.75) is 13.0 Å². The van der Waals surface area contributed by atoms with Crippen LogP contribution in [0.1, 0.15) is 6.42 Å². The molecule has 7 nitrogen and oxygen atoms in total. The van der Waals surface area contributed by atoms with Crippen LogP contribution in [-0.4, -0.2) is 31.3 Å². The summed E-state index contributed by atoms with van der Waals surface area (Å²) in [5.41, 5.74) is 5.26. The highest BCUT2D eigenvalue weighted by atomic mass is 16.4. The lowest BCUT2D eigenvalue weighted by molar-refractivity contribution is -0.137. The molecule has 60 valence electrons. The van der Waals surface area contributed by atoms with Gasteiger partial charge in [0.2, 0.25) is 5.95 Å². The summed E-state index contributed by atoms with van der Waals surface area (Å²) in [5.74, 6) is -0.772. The number of rotatable bonds is 3. The molecule has 0 aliphatic rings. The Morgan fingerprint density at radius 2 is 2.45 bits per heavy atom. The lowest BCUT2D eigenvalue weighted by atomic mass is 10.4. The zero-order valence-electron chi connectivity index (χ0n) is 5.64. The minimum Gasteiger partial charge on any atom is -0.481 e. The molecule has 11 heavy (non-hydrogen) atoms. The Hall–Kier alpha value is -1.66. The molecule has 0 atom stereocenters. The molecule has 0 radical (unpaired) electrons. The molecule has 7 heteroatoms. The first kappa shape index (κ1) is 7.45.